The minimum absolute atomic E-state index is 0.278. The van der Waals surface area contributed by atoms with E-state index in [1.807, 2.05) is 13.8 Å². The van der Waals surface area contributed by atoms with Crippen molar-refractivity contribution in [3.8, 4) is 5.75 Å². The van der Waals surface area contributed by atoms with E-state index in [1.165, 1.54) is 4.90 Å². The van der Waals surface area contributed by atoms with Crippen LogP contribution in [0.2, 0.25) is 0 Å². The molecule has 0 bridgehead atoms. The Bertz CT molecular complexity index is 706. The van der Waals surface area contributed by atoms with E-state index in [4.69, 9.17) is 4.74 Å². The lowest BCUT2D eigenvalue weighted by Gasteiger charge is -2.17. The third-order valence-corrected chi connectivity index (χ3v) is 3.70. The van der Waals surface area contributed by atoms with E-state index in [0.717, 1.165) is 16.9 Å². The van der Waals surface area contributed by atoms with Gasteiger partial charge in [0.15, 0.2) is 0 Å². The molecule has 4 heteroatoms. The van der Waals surface area contributed by atoms with Gasteiger partial charge in [0.2, 0.25) is 0 Å². The van der Waals surface area contributed by atoms with Crippen LogP contribution in [0.25, 0.3) is 0 Å². The van der Waals surface area contributed by atoms with Gasteiger partial charge < -0.3 is 4.74 Å². The van der Waals surface area contributed by atoms with Crippen LogP contribution in [0.3, 0.4) is 0 Å². The van der Waals surface area contributed by atoms with E-state index in [1.54, 1.807) is 43.5 Å². The number of rotatable bonds is 2. The zero-order chi connectivity index (χ0) is 15.1. The monoisotopic (exact) mass is 281 g/mol. The van der Waals surface area contributed by atoms with E-state index in [0.29, 0.717) is 16.8 Å². The van der Waals surface area contributed by atoms with Gasteiger partial charge in [-0.25, -0.2) is 4.90 Å². The number of nitrogens with zero attached hydrogens (tertiary/aromatic N) is 1. The van der Waals surface area contributed by atoms with E-state index in [-0.39, 0.29) is 11.8 Å². The number of methoxy groups -OCH3 is 1. The zero-order valence-electron chi connectivity index (χ0n) is 12.1. The van der Waals surface area contributed by atoms with Gasteiger partial charge in [0.05, 0.1) is 23.9 Å². The Balaban J connectivity index is 2.11. The number of carbonyl (C=O) groups excluding carboxylic acids is 2. The van der Waals surface area contributed by atoms with Gasteiger partial charge in [-0.3, -0.25) is 9.59 Å². The molecule has 106 valence electrons. The molecule has 0 saturated carbocycles. The second kappa shape index (κ2) is 4.74. The second-order valence-electron chi connectivity index (χ2n) is 5.10. The van der Waals surface area contributed by atoms with Crippen molar-refractivity contribution in [3.05, 3.63) is 58.7 Å². The normalized spacial score (nSPS) is 13.6. The van der Waals surface area contributed by atoms with E-state index in [9.17, 15) is 9.59 Å². The summed E-state index contributed by atoms with van der Waals surface area (Å²) in [6.45, 7) is 3.79. The standard InChI is InChI=1S/C17H15NO3/c1-10-8-12(9-11(2)15(10)21-3)18-16(19)13-6-4-5-7-14(13)17(18)20/h4-9H,1-3H3. The quantitative estimate of drug-likeness (QED) is 0.795. The number of aryl methyl sites for hydroxylation is 2. The predicted molar refractivity (Wildman–Crippen MR) is 80.1 cm³/mol. The third kappa shape index (κ3) is 1.91. The van der Waals surface area contributed by atoms with Crippen LogP contribution in [-0.4, -0.2) is 18.9 Å². The van der Waals surface area contributed by atoms with Gasteiger partial charge in [0.1, 0.15) is 5.75 Å². The van der Waals surface area contributed by atoms with Crippen molar-refractivity contribution in [2.75, 3.05) is 12.0 Å². The summed E-state index contributed by atoms with van der Waals surface area (Å²) < 4.78 is 5.32. The molecule has 21 heavy (non-hydrogen) atoms. The topological polar surface area (TPSA) is 46.6 Å². The van der Waals surface area contributed by atoms with E-state index < -0.39 is 0 Å². The number of ether oxygens (including phenoxy) is 1. The number of imide groups is 1. The van der Waals surface area contributed by atoms with Gasteiger partial charge in [0, 0.05) is 0 Å². The van der Waals surface area contributed by atoms with Gasteiger partial charge in [-0.15, -0.1) is 0 Å². The Hall–Kier alpha value is -2.62. The zero-order valence-corrected chi connectivity index (χ0v) is 12.1. The first-order chi connectivity index (χ1) is 10.0. The molecule has 1 aliphatic rings. The summed E-state index contributed by atoms with van der Waals surface area (Å²) in [6, 6.07) is 10.5. The van der Waals surface area contributed by atoms with Crippen molar-refractivity contribution < 1.29 is 14.3 Å². The lowest BCUT2D eigenvalue weighted by atomic mass is 10.1. The molecule has 2 aromatic carbocycles. The molecule has 0 aromatic heterocycles. The molecule has 0 aliphatic carbocycles. The Kier molecular flexibility index (Phi) is 3.01. The summed E-state index contributed by atoms with van der Waals surface area (Å²) in [5.74, 6) is 0.217. The van der Waals surface area contributed by atoms with Crippen molar-refractivity contribution >= 4 is 17.5 Å². The summed E-state index contributed by atoms with van der Waals surface area (Å²) in [5, 5.41) is 0. The van der Waals surface area contributed by atoms with Crippen LogP contribution in [0.5, 0.6) is 5.75 Å². The lowest BCUT2D eigenvalue weighted by Crippen LogP contribution is -2.29. The highest BCUT2D eigenvalue weighted by Gasteiger charge is 2.36. The highest BCUT2D eigenvalue weighted by Crippen LogP contribution is 2.33. The maximum absolute atomic E-state index is 12.5. The number of carbonyl (C=O) groups is 2. The fraction of sp³-hybridized carbons (Fsp3) is 0.176. The van der Waals surface area contributed by atoms with Crippen LogP contribution < -0.4 is 9.64 Å². The SMILES string of the molecule is COc1c(C)cc(N2C(=O)c3ccccc3C2=O)cc1C. The van der Waals surface area contributed by atoms with Crippen molar-refractivity contribution in [2.45, 2.75) is 13.8 Å². The van der Waals surface area contributed by atoms with Crippen LogP contribution in [0.15, 0.2) is 36.4 Å². The summed E-state index contributed by atoms with van der Waals surface area (Å²) in [4.78, 5) is 26.1. The molecular weight excluding hydrogens is 266 g/mol. The minimum atomic E-state index is -0.278. The van der Waals surface area contributed by atoms with Crippen LogP contribution in [0, 0.1) is 13.8 Å². The van der Waals surface area contributed by atoms with Crippen molar-refractivity contribution in [3.63, 3.8) is 0 Å². The molecular formula is C17H15NO3. The summed E-state index contributed by atoms with van der Waals surface area (Å²) in [6.07, 6.45) is 0. The van der Waals surface area contributed by atoms with E-state index in [2.05, 4.69) is 0 Å². The van der Waals surface area contributed by atoms with Gasteiger partial charge in [-0.2, -0.15) is 0 Å². The van der Waals surface area contributed by atoms with E-state index >= 15 is 0 Å². The smallest absolute Gasteiger partial charge is 0.266 e. The molecule has 0 unspecified atom stereocenters. The number of anilines is 1. The average molecular weight is 281 g/mol. The molecule has 2 amide bonds. The minimum Gasteiger partial charge on any atom is -0.496 e. The maximum Gasteiger partial charge on any atom is 0.266 e. The molecule has 0 spiro atoms. The van der Waals surface area contributed by atoms with Crippen LogP contribution in [-0.2, 0) is 0 Å². The highest BCUT2D eigenvalue weighted by molar-refractivity contribution is 6.34. The molecule has 0 saturated heterocycles. The van der Waals surface area contributed by atoms with Crippen molar-refractivity contribution in [1.29, 1.82) is 0 Å². The fourth-order valence-electron chi connectivity index (χ4n) is 2.80. The molecule has 1 heterocycles. The molecule has 1 aliphatic heterocycles. The third-order valence-electron chi connectivity index (χ3n) is 3.70. The first-order valence-corrected chi connectivity index (χ1v) is 6.67. The van der Waals surface area contributed by atoms with Crippen molar-refractivity contribution in [2.24, 2.45) is 0 Å². The van der Waals surface area contributed by atoms with Crippen LogP contribution in [0.1, 0.15) is 31.8 Å². The predicted octanol–water partition coefficient (Wildman–Crippen LogP) is 3.11. The van der Waals surface area contributed by atoms with Crippen LogP contribution in [0.4, 0.5) is 5.69 Å². The Morgan fingerprint density at radius 1 is 0.905 bits per heavy atom. The Labute approximate surface area is 123 Å². The van der Waals surface area contributed by atoms with Crippen molar-refractivity contribution in [1.82, 2.24) is 0 Å². The number of fused-ring (bicyclic) bond motifs is 1. The maximum atomic E-state index is 12.5. The highest BCUT2D eigenvalue weighted by atomic mass is 16.5. The van der Waals surface area contributed by atoms with Gasteiger partial charge in [0.25, 0.3) is 11.8 Å². The number of hydrogen-bond acceptors (Lipinski definition) is 3. The van der Waals surface area contributed by atoms with Gasteiger partial charge in [-0.1, -0.05) is 12.1 Å². The second-order valence-corrected chi connectivity index (χ2v) is 5.10. The molecule has 0 radical (unpaired) electrons. The molecule has 0 fully saturated rings. The number of hydrogen-bond donors (Lipinski definition) is 0. The molecule has 2 aromatic rings. The largest absolute Gasteiger partial charge is 0.496 e. The Morgan fingerprint density at radius 3 is 1.81 bits per heavy atom. The van der Waals surface area contributed by atoms with Gasteiger partial charge >= 0.3 is 0 Å². The first kappa shape index (κ1) is 13.4. The Morgan fingerprint density at radius 2 is 1.38 bits per heavy atom. The summed E-state index contributed by atoms with van der Waals surface area (Å²) in [7, 11) is 1.61. The number of amides is 2. The fourth-order valence-corrected chi connectivity index (χ4v) is 2.80. The van der Waals surface area contributed by atoms with Crippen LogP contribution >= 0.6 is 0 Å². The molecule has 4 nitrogen and oxygen atoms in total. The van der Waals surface area contributed by atoms with Gasteiger partial charge in [-0.05, 0) is 49.2 Å². The molecule has 0 N–H and O–H groups in total. The summed E-state index contributed by atoms with van der Waals surface area (Å²) in [5.41, 5.74) is 3.27. The average Bonchev–Trinajstić information content (AvgIpc) is 2.71. The molecule has 3 rings (SSSR count). The molecule has 0 atom stereocenters. The lowest BCUT2D eigenvalue weighted by molar-refractivity contribution is 0.0926. The first-order valence-electron chi connectivity index (χ1n) is 6.67. The number of benzene rings is 2. The summed E-state index contributed by atoms with van der Waals surface area (Å²) >= 11 is 0.